The van der Waals surface area contributed by atoms with Crippen LogP contribution < -0.4 is 16.0 Å². The summed E-state index contributed by atoms with van der Waals surface area (Å²) in [5.41, 5.74) is -1.13. The van der Waals surface area contributed by atoms with E-state index in [0.29, 0.717) is 6.54 Å². The first kappa shape index (κ1) is 16.2. The second-order valence-corrected chi connectivity index (χ2v) is 4.89. The Balaban J connectivity index is 2.35. The minimum absolute atomic E-state index is 0.0617. The van der Waals surface area contributed by atoms with Crippen LogP contribution in [-0.2, 0) is 14.3 Å². The molecule has 8 heteroatoms. The van der Waals surface area contributed by atoms with Crippen LogP contribution in [0.5, 0.6) is 0 Å². The number of carboxylic acids is 1. The summed E-state index contributed by atoms with van der Waals surface area (Å²) in [7, 11) is 0. The van der Waals surface area contributed by atoms with Crippen molar-refractivity contribution < 1.29 is 24.2 Å². The molecule has 0 aliphatic carbocycles. The van der Waals surface area contributed by atoms with Crippen molar-refractivity contribution in [2.75, 3.05) is 26.3 Å². The van der Waals surface area contributed by atoms with Crippen LogP contribution in [-0.4, -0.2) is 55.4 Å². The Morgan fingerprint density at radius 2 is 2.05 bits per heavy atom. The first-order chi connectivity index (χ1) is 9.40. The highest BCUT2D eigenvalue weighted by molar-refractivity contribution is 5.80. The molecule has 1 aliphatic rings. The minimum atomic E-state index is -1.13. The van der Waals surface area contributed by atoms with Crippen LogP contribution in [0.1, 0.15) is 20.3 Å². The van der Waals surface area contributed by atoms with E-state index in [2.05, 4.69) is 16.0 Å². The van der Waals surface area contributed by atoms with E-state index >= 15 is 0 Å². The third-order valence-corrected chi connectivity index (χ3v) is 3.26. The van der Waals surface area contributed by atoms with Crippen LogP contribution in [0.25, 0.3) is 0 Å². The second kappa shape index (κ2) is 7.09. The molecule has 0 spiro atoms. The fraction of sp³-hybridized carbons (Fsp3) is 0.750. The van der Waals surface area contributed by atoms with E-state index in [1.165, 1.54) is 6.92 Å². The molecule has 0 aromatic carbocycles. The average Bonchev–Trinajstić information content (AvgIpc) is 2.72. The fourth-order valence-electron chi connectivity index (χ4n) is 1.87. The molecule has 4 N–H and O–H groups in total. The van der Waals surface area contributed by atoms with Crippen LogP contribution in [0.4, 0.5) is 4.79 Å². The summed E-state index contributed by atoms with van der Waals surface area (Å²) >= 11 is 0. The van der Waals surface area contributed by atoms with Crippen LogP contribution in [0, 0.1) is 5.41 Å². The number of ether oxygens (including phenoxy) is 1. The third-order valence-electron chi connectivity index (χ3n) is 3.26. The van der Waals surface area contributed by atoms with E-state index < -0.39 is 23.5 Å². The lowest BCUT2D eigenvalue weighted by molar-refractivity contribution is -0.148. The summed E-state index contributed by atoms with van der Waals surface area (Å²) < 4.78 is 5.12. The molecule has 2 unspecified atom stereocenters. The van der Waals surface area contributed by atoms with Gasteiger partial charge in [0.2, 0.25) is 5.91 Å². The first-order valence-corrected chi connectivity index (χ1v) is 6.52. The van der Waals surface area contributed by atoms with E-state index in [1.54, 1.807) is 0 Å². The highest BCUT2D eigenvalue weighted by atomic mass is 16.5. The summed E-state index contributed by atoms with van der Waals surface area (Å²) in [5, 5.41) is 16.9. The summed E-state index contributed by atoms with van der Waals surface area (Å²) in [6.45, 7) is 4.29. The Kier molecular flexibility index (Phi) is 5.75. The van der Waals surface area contributed by atoms with E-state index in [9.17, 15) is 14.4 Å². The quantitative estimate of drug-likeness (QED) is 0.515. The Labute approximate surface area is 117 Å². The number of amides is 3. The largest absolute Gasteiger partial charge is 0.481 e. The maximum Gasteiger partial charge on any atom is 0.315 e. The molecule has 2 atom stereocenters. The van der Waals surface area contributed by atoms with Gasteiger partial charge in [-0.2, -0.15) is 0 Å². The van der Waals surface area contributed by atoms with Gasteiger partial charge in [0.1, 0.15) is 5.41 Å². The zero-order valence-electron chi connectivity index (χ0n) is 11.7. The second-order valence-electron chi connectivity index (χ2n) is 4.89. The van der Waals surface area contributed by atoms with E-state index in [0.717, 1.165) is 0 Å². The molecule has 1 aliphatic heterocycles. The van der Waals surface area contributed by atoms with Crippen molar-refractivity contribution in [1.29, 1.82) is 0 Å². The molecule has 1 rings (SSSR count). The monoisotopic (exact) mass is 287 g/mol. The zero-order valence-corrected chi connectivity index (χ0v) is 11.7. The number of carbonyl (C=O) groups is 3. The predicted octanol–water partition coefficient (Wildman–Crippen LogP) is -0.698. The van der Waals surface area contributed by atoms with Gasteiger partial charge in [0, 0.05) is 19.5 Å². The molecule has 114 valence electrons. The van der Waals surface area contributed by atoms with Crippen molar-refractivity contribution in [3.8, 4) is 0 Å². The molecule has 0 bridgehead atoms. The molecule has 3 amide bonds. The van der Waals surface area contributed by atoms with Gasteiger partial charge in [-0.25, -0.2) is 4.79 Å². The van der Waals surface area contributed by atoms with Gasteiger partial charge in [-0.3, -0.25) is 9.59 Å². The maximum atomic E-state index is 11.6. The molecule has 0 saturated carbocycles. The number of aliphatic carboxylic acids is 1. The minimum Gasteiger partial charge on any atom is -0.481 e. The molecule has 0 aromatic heterocycles. The van der Waals surface area contributed by atoms with Gasteiger partial charge < -0.3 is 25.8 Å². The molecule has 8 nitrogen and oxygen atoms in total. The van der Waals surface area contributed by atoms with Crippen molar-refractivity contribution in [2.45, 2.75) is 26.3 Å². The van der Waals surface area contributed by atoms with Crippen LogP contribution in [0.2, 0.25) is 0 Å². The standard InChI is InChI=1S/C12H21N3O5/c1-3-13-9(16)4-5-14-11(19)15-8-6-20-7-12(8,2)10(17)18/h8H,3-7H2,1-2H3,(H,13,16)(H,17,18)(H2,14,15,19). The highest BCUT2D eigenvalue weighted by Crippen LogP contribution is 2.28. The molecule has 1 saturated heterocycles. The molecular weight excluding hydrogens is 266 g/mol. The van der Waals surface area contributed by atoms with E-state index in [4.69, 9.17) is 9.84 Å². The molecule has 0 aromatic rings. The first-order valence-electron chi connectivity index (χ1n) is 6.52. The molecule has 1 heterocycles. The molecular formula is C12H21N3O5. The zero-order chi connectivity index (χ0) is 15.2. The van der Waals surface area contributed by atoms with Gasteiger partial charge in [0.25, 0.3) is 0 Å². The fourth-order valence-corrected chi connectivity index (χ4v) is 1.87. The van der Waals surface area contributed by atoms with Gasteiger partial charge >= 0.3 is 12.0 Å². The number of hydrogen-bond donors (Lipinski definition) is 4. The van der Waals surface area contributed by atoms with Crippen molar-refractivity contribution in [3.63, 3.8) is 0 Å². The smallest absolute Gasteiger partial charge is 0.315 e. The number of hydrogen-bond acceptors (Lipinski definition) is 4. The summed E-state index contributed by atoms with van der Waals surface area (Å²) in [6, 6.07) is -1.10. The number of urea groups is 1. The predicted molar refractivity (Wildman–Crippen MR) is 70.2 cm³/mol. The summed E-state index contributed by atoms with van der Waals surface area (Å²) in [6.07, 6.45) is 0.179. The van der Waals surface area contributed by atoms with E-state index in [-0.39, 0.29) is 32.1 Å². The van der Waals surface area contributed by atoms with Crippen LogP contribution in [0.3, 0.4) is 0 Å². The van der Waals surface area contributed by atoms with Crippen LogP contribution in [0.15, 0.2) is 0 Å². The van der Waals surface area contributed by atoms with Crippen molar-refractivity contribution in [1.82, 2.24) is 16.0 Å². The number of carboxylic acid groups (broad SMARTS) is 1. The lowest BCUT2D eigenvalue weighted by atomic mass is 9.85. The lowest BCUT2D eigenvalue weighted by Crippen LogP contribution is -2.52. The molecule has 0 radical (unpaired) electrons. The maximum absolute atomic E-state index is 11.6. The molecule has 1 fully saturated rings. The SMILES string of the molecule is CCNC(=O)CCNC(=O)NC1COCC1(C)C(=O)O. The summed E-state index contributed by atoms with van der Waals surface area (Å²) in [5.74, 6) is -1.16. The van der Waals surface area contributed by atoms with Crippen molar-refractivity contribution >= 4 is 17.9 Å². The van der Waals surface area contributed by atoms with Gasteiger partial charge in [0.15, 0.2) is 0 Å². The third kappa shape index (κ3) is 4.09. The number of rotatable bonds is 6. The molecule has 20 heavy (non-hydrogen) atoms. The van der Waals surface area contributed by atoms with Crippen molar-refractivity contribution in [3.05, 3.63) is 0 Å². The van der Waals surface area contributed by atoms with E-state index in [1.807, 2.05) is 6.92 Å². The highest BCUT2D eigenvalue weighted by Gasteiger charge is 2.47. The Hall–Kier alpha value is -1.83. The van der Waals surface area contributed by atoms with Gasteiger partial charge in [-0.15, -0.1) is 0 Å². The normalized spacial score (nSPS) is 25.0. The average molecular weight is 287 g/mol. The van der Waals surface area contributed by atoms with Gasteiger partial charge in [0.05, 0.1) is 19.3 Å². The number of nitrogens with one attached hydrogen (secondary N) is 3. The topological polar surface area (TPSA) is 117 Å². The Morgan fingerprint density at radius 1 is 1.35 bits per heavy atom. The Morgan fingerprint density at radius 3 is 2.65 bits per heavy atom. The number of carbonyl (C=O) groups excluding carboxylic acids is 2. The van der Waals surface area contributed by atoms with Gasteiger partial charge in [-0.05, 0) is 13.8 Å². The summed E-state index contributed by atoms with van der Waals surface area (Å²) in [4.78, 5) is 34.0. The van der Waals surface area contributed by atoms with Crippen LogP contribution >= 0.6 is 0 Å². The van der Waals surface area contributed by atoms with Crippen molar-refractivity contribution in [2.24, 2.45) is 5.41 Å². The van der Waals surface area contributed by atoms with Gasteiger partial charge in [-0.1, -0.05) is 0 Å². The Bertz CT molecular complexity index is 387. The lowest BCUT2D eigenvalue weighted by Gasteiger charge is -2.25.